The maximum absolute atomic E-state index is 11.7. The van der Waals surface area contributed by atoms with Crippen molar-refractivity contribution >= 4 is 32.4 Å². The van der Waals surface area contributed by atoms with Gasteiger partial charge in [-0.05, 0) is 0 Å². The summed E-state index contributed by atoms with van der Waals surface area (Å²) in [7, 11) is -3.35. The summed E-state index contributed by atoms with van der Waals surface area (Å²) >= 11 is 1.14. The predicted octanol–water partition coefficient (Wildman–Crippen LogP) is -0.466. The number of H-pyrrole nitrogens is 1. The number of thiazole rings is 1. The van der Waals surface area contributed by atoms with E-state index in [0.717, 1.165) is 17.6 Å². The van der Waals surface area contributed by atoms with Crippen molar-refractivity contribution in [2.24, 2.45) is 0 Å². The number of amides is 1. The molecule has 0 aliphatic heterocycles. The van der Waals surface area contributed by atoms with E-state index < -0.39 is 10.0 Å². The smallest absolute Gasteiger partial charge is 0.231 e. The molecule has 2 heterocycles. The van der Waals surface area contributed by atoms with E-state index in [9.17, 15) is 13.2 Å². The second-order valence-corrected chi connectivity index (χ2v) is 6.83. The molecule has 0 aliphatic carbocycles. The molecule has 0 spiro atoms. The average Bonchev–Trinajstić information content (AvgIpc) is 2.99. The number of nitrogens with zero attached hydrogens (tertiary/aromatic N) is 3. The van der Waals surface area contributed by atoms with Crippen molar-refractivity contribution in [2.45, 2.75) is 12.8 Å². The highest BCUT2D eigenvalue weighted by molar-refractivity contribution is 7.92. The largest absolute Gasteiger partial charge is 0.355 e. The molecule has 2 aromatic rings. The fourth-order valence-corrected chi connectivity index (χ4v) is 3.06. The molecular formula is C10H14N6O3S2. The number of aromatic nitrogens is 4. The van der Waals surface area contributed by atoms with Gasteiger partial charge < -0.3 is 5.32 Å². The number of aromatic amines is 1. The molecule has 0 unspecified atom stereocenters. The van der Waals surface area contributed by atoms with Gasteiger partial charge in [0.25, 0.3) is 0 Å². The van der Waals surface area contributed by atoms with Crippen LogP contribution < -0.4 is 10.0 Å². The van der Waals surface area contributed by atoms with Crippen molar-refractivity contribution in [1.82, 2.24) is 25.5 Å². The van der Waals surface area contributed by atoms with Crippen molar-refractivity contribution in [3.63, 3.8) is 0 Å². The Balaban J connectivity index is 1.77. The summed E-state index contributed by atoms with van der Waals surface area (Å²) < 4.78 is 24.4. The van der Waals surface area contributed by atoms with Gasteiger partial charge in [0.15, 0.2) is 5.13 Å². The van der Waals surface area contributed by atoms with E-state index in [-0.39, 0.29) is 17.5 Å². The third-order valence-corrected chi connectivity index (χ3v) is 3.81. The zero-order valence-corrected chi connectivity index (χ0v) is 12.8. The van der Waals surface area contributed by atoms with Gasteiger partial charge in [-0.15, -0.1) is 11.3 Å². The molecule has 0 saturated heterocycles. The highest BCUT2D eigenvalue weighted by atomic mass is 32.2. The lowest BCUT2D eigenvalue weighted by Gasteiger charge is -2.02. The van der Waals surface area contributed by atoms with Gasteiger partial charge in [-0.25, -0.2) is 18.4 Å². The molecule has 0 aromatic carbocycles. The normalized spacial score (nSPS) is 11.3. The van der Waals surface area contributed by atoms with Crippen LogP contribution in [0, 0.1) is 0 Å². The molecule has 0 bridgehead atoms. The van der Waals surface area contributed by atoms with Gasteiger partial charge in [0, 0.05) is 18.3 Å². The topological polar surface area (TPSA) is 130 Å². The van der Waals surface area contributed by atoms with Crippen LogP contribution in [0.2, 0.25) is 0 Å². The van der Waals surface area contributed by atoms with Gasteiger partial charge in [-0.1, -0.05) is 0 Å². The van der Waals surface area contributed by atoms with Crippen molar-refractivity contribution in [1.29, 1.82) is 0 Å². The summed E-state index contributed by atoms with van der Waals surface area (Å²) in [4.78, 5) is 19.7. The summed E-state index contributed by atoms with van der Waals surface area (Å²) in [6.07, 6.45) is 3.11. The molecule has 0 fully saturated rings. The highest BCUT2D eigenvalue weighted by Gasteiger charge is 2.10. The van der Waals surface area contributed by atoms with Crippen LogP contribution in [0.15, 0.2) is 11.7 Å². The zero-order valence-electron chi connectivity index (χ0n) is 11.2. The molecule has 0 aliphatic rings. The number of rotatable bonds is 7. The maximum atomic E-state index is 11.7. The van der Waals surface area contributed by atoms with Gasteiger partial charge >= 0.3 is 0 Å². The van der Waals surface area contributed by atoms with Crippen LogP contribution in [-0.4, -0.2) is 47.3 Å². The second kappa shape index (κ2) is 6.63. The lowest BCUT2D eigenvalue weighted by molar-refractivity contribution is -0.120. The molecule has 0 atom stereocenters. The quantitative estimate of drug-likeness (QED) is 0.629. The molecule has 2 rings (SSSR count). The molecule has 11 heteroatoms. The van der Waals surface area contributed by atoms with Gasteiger partial charge in [0.1, 0.15) is 12.2 Å². The molecular weight excluding hydrogens is 316 g/mol. The van der Waals surface area contributed by atoms with Crippen molar-refractivity contribution in [3.05, 3.63) is 23.2 Å². The van der Waals surface area contributed by atoms with Crippen LogP contribution in [0.4, 0.5) is 5.13 Å². The van der Waals surface area contributed by atoms with E-state index in [1.165, 1.54) is 6.33 Å². The van der Waals surface area contributed by atoms with E-state index in [0.29, 0.717) is 24.5 Å². The van der Waals surface area contributed by atoms with Crippen LogP contribution in [0.3, 0.4) is 0 Å². The standard InChI is InChI=1S/C10H14N6O3S2/c1-21(18,19)16-10-14-7(5-20-10)4-9(17)11-3-2-8-12-6-13-15-8/h5-6H,2-4H2,1H3,(H,11,17)(H,14,16)(H,12,13,15). The Kier molecular flexibility index (Phi) is 4.85. The first-order valence-electron chi connectivity index (χ1n) is 5.95. The number of sulfonamides is 1. The second-order valence-electron chi connectivity index (χ2n) is 4.23. The molecule has 0 saturated carbocycles. The minimum atomic E-state index is -3.35. The predicted molar refractivity (Wildman–Crippen MR) is 77.4 cm³/mol. The Morgan fingerprint density at radius 3 is 2.95 bits per heavy atom. The Hall–Kier alpha value is -2.01. The van der Waals surface area contributed by atoms with Crippen molar-refractivity contribution in [2.75, 3.05) is 17.5 Å². The number of carbonyl (C=O) groups excluding carboxylic acids is 1. The van der Waals surface area contributed by atoms with Gasteiger partial charge in [-0.3, -0.25) is 14.6 Å². The van der Waals surface area contributed by atoms with Crippen LogP contribution in [-0.2, 0) is 27.7 Å². The number of hydrogen-bond acceptors (Lipinski definition) is 7. The Morgan fingerprint density at radius 1 is 1.48 bits per heavy atom. The maximum Gasteiger partial charge on any atom is 0.231 e. The van der Waals surface area contributed by atoms with E-state index in [2.05, 4.69) is 30.2 Å². The first-order valence-corrected chi connectivity index (χ1v) is 8.72. The summed E-state index contributed by atoms with van der Waals surface area (Å²) in [6.45, 7) is 0.437. The average molecular weight is 330 g/mol. The zero-order chi connectivity index (χ0) is 15.3. The summed E-state index contributed by atoms with van der Waals surface area (Å²) in [5.74, 6) is 0.509. The van der Waals surface area contributed by atoms with Gasteiger partial charge in [0.2, 0.25) is 15.9 Å². The van der Waals surface area contributed by atoms with E-state index >= 15 is 0 Å². The third kappa shape index (κ3) is 5.47. The Morgan fingerprint density at radius 2 is 2.29 bits per heavy atom. The minimum absolute atomic E-state index is 0.0956. The van der Waals surface area contributed by atoms with Crippen LogP contribution in [0.25, 0.3) is 0 Å². The molecule has 3 N–H and O–H groups in total. The summed E-state index contributed by atoms with van der Waals surface area (Å²) in [5.41, 5.74) is 0.517. The van der Waals surface area contributed by atoms with Gasteiger partial charge in [0.05, 0.1) is 18.4 Å². The molecule has 1 amide bonds. The first-order chi connectivity index (χ1) is 9.92. The highest BCUT2D eigenvalue weighted by Crippen LogP contribution is 2.16. The fourth-order valence-electron chi connectivity index (χ4n) is 1.49. The summed E-state index contributed by atoms with van der Waals surface area (Å²) in [6, 6.07) is 0. The van der Waals surface area contributed by atoms with E-state index in [1.54, 1.807) is 5.38 Å². The van der Waals surface area contributed by atoms with Crippen LogP contribution in [0.1, 0.15) is 11.5 Å². The molecule has 114 valence electrons. The third-order valence-electron chi connectivity index (χ3n) is 2.32. The molecule has 21 heavy (non-hydrogen) atoms. The lowest BCUT2D eigenvalue weighted by atomic mass is 10.3. The number of nitrogens with one attached hydrogen (secondary N) is 3. The molecule has 9 nitrogen and oxygen atoms in total. The van der Waals surface area contributed by atoms with Crippen LogP contribution in [0.5, 0.6) is 0 Å². The van der Waals surface area contributed by atoms with Crippen molar-refractivity contribution < 1.29 is 13.2 Å². The van der Waals surface area contributed by atoms with E-state index in [4.69, 9.17) is 0 Å². The van der Waals surface area contributed by atoms with Crippen molar-refractivity contribution in [3.8, 4) is 0 Å². The summed E-state index contributed by atoms with van der Waals surface area (Å²) in [5, 5.41) is 11.0. The SMILES string of the molecule is CS(=O)(=O)Nc1nc(CC(=O)NCCc2ncn[nH]2)cs1. The monoisotopic (exact) mass is 330 g/mol. The number of carbonyl (C=O) groups is 1. The fraction of sp³-hybridized carbons (Fsp3) is 0.400. The van der Waals surface area contributed by atoms with Crippen LogP contribution >= 0.6 is 11.3 Å². The lowest BCUT2D eigenvalue weighted by Crippen LogP contribution is -2.27. The minimum Gasteiger partial charge on any atom is -0.355 e. The Labute approximate surface area is 125 Å². The number of anilines is 1. The first kappa shape index (κ1) is 15.4. The molecule has 2 aromatic heterocycles. The van der Waals surface area contributed by atoms with E-state index in [1.807, 2.05) is 0 Å². The molecule has 0 radical (unpaired) electrons. The Bertz CT molecular complexity index is 694. The van der Waals surface area contributed by atoms with Gasteiger partial charge in [-0.2, -0.15) is 5.10 Å². The number of hydrogen-bond donors (Lipinski definition) is 3.